The quantitative estimate of drug-likeness (QED) is 0.240. The van der Waals surface area contributed by atoms with Crippen LogP contribution in [-0.2, 0) is 0 Å². The summed E-state index contributed by atoms with van der Waals surface area (Å²) in [6.07, 6.45) is 6.62. The summed E-state index contributed by atoms with van der Waals surface area (Å²) in [7, 11) is 0. The summed E-state index contributed by atoms with van der Waals surface area (Å²) in [5, 5.41) is 4.40. The molecule has 206 valence electrons. The standard InChI is InChI=1S/C33H40ClN3O2/c1-25-8-5-12-30-33(25)37(32(35-30)24-39-29-16-14-28(34)15-17-29)21-6-9-26-18-22-36(23-19-26)20-7-13-31(38)27-10-3-2-4-11-27/h2-5,8,10-12,14-17,26,32,35H,6-7,9,13,18-24H2,1H3. The van der Waals surface area contributed by atoms with Gasteiger partial charge in [0.2, 0.25) is 0 Å². The number of piperidine rings is 1. The third-order valence-corrected chi connectivity index (χ3v) is 8.39. The van der Waals surface area contributed by atoms with Crippen LogP contribution >= 0.6 is 11.6 Å². The van der Waals surface area contributed by atoms with Gasteiger partial charge in [-0.2, -0.15) is 0 Å². The molecule has 3 aromatic carbocycles. The monoisotopic (exact) mass is 545 g/mol. The lowest BCUT2D eigenvalue weighted by Gasteiger charge is -2.33. The summed E-state index contributed by atoms with van der Waals surface area (Å²) < 4.78 is 6.14. The van der Waals surface area contributed by atoms with Gasteiger partial charge in [-0.15, -0.1) is 0 Å². The van der Waals surface area contributed by atoms with Crippen LogP contribution in [-0.4, -0.2) is 49.6 Å². The van der Waals surface area contributed by atoms with Gasteiger partial charge in [0.25, 0.3) is 0 Å². The van der Waals surface area contributed by atoms with E-state index < -0.39 is 0 Å². The first-order valence-corrected chi connectivity index (χ1v) is 14.8. The first-order chi connectivity index (χ1) is 19.1. The van der Waals surface area contributed by atoms with Crippen molar-refractivity contribution in [3.63, 3.8) is 0 Å². The van der Waals surface area contributed by atoms with Crippen LogP contribution in [0.15, 0.2) is 72.8 Å². The second-order valence-electron chi connectivity index (χ2n) is 10.9. The molecule has 1 unspecified atom stereocenters. The molecule has 5 nitrogen and oxygen atoms in total. The molecule has 2 aliphatic rings. The third-order valence-electron chi connectivity index (χ3n) is 8.14. The molecule has 1 saturated heterocycles. The molecule has 0 aliphatic carbocycles. The van der Waals surface area contributed by atoms with Gasteiger partial charge in [-0.1, -0.05) is 54.1 Å². The predicted molar refractivity (Wildman–Crippen MR) is 161 cm³/mol. The van der Waals surface area contributed by atoms with Crippen LogP contribution in [0.2, 0.25) is 5.02 Å². The average molecular weight is 546 g/mol. The maximum atomic E-state index is 12.4. The van der Waals surface area contributed by atoms with Gasteiger partial charge < -0.3 is 19.9 Å². The van der Waals surface area contributed by atoms with Gasteiger partial charge in [-0.3, -0.25) is 4.79 Å². The van der Waals surface area contributed by atoms with E-state index in [1.165, 1.54) is 42.6 Å². The van der Waals surface area contributed by atoms with E-state index in [9.17, 15) is 4.79 Å². The zero-order valence-corrected chi connectivity index (χ0v) is 23.7. The number of carbonyl (C=O) groups excluding carboxylic acids is 1. The van der Waals surface area contributed by atoms with E-state index >= 15 is 0 Å². The van der Waals surface area contributed by atoms with Crippen LogP contribution in [0, 0.1) is 12.8 Å². The number of nitrogens with one attached hydrogen (secondary N) is 1. The normalized spacial score (nSPS) is 17.6. The molecule has 1 fully saturated rings. The fourth-order valence-electron chi connectivity index (χ4n) is 5.96. The number of hydrogen-bond acceptors (Lipinski definition) is 5. The van der Waals surface area contributed by atoms with Crippen molar-refractivity contribution in [3.8, 4) is 5.75 Å². The van der Waals surface area contributed by atoms with Crippen LogP contribution in [0.4, 0.5) is 11.4 Å². The highest BCUT2D eigenvalue weighted by molar-refractivity contribution is 6.30. The number of rotatable bonds is 12. The number of fused-ring (bicyclic) bond motifs is 1. The SMILES string of the molecule is Cc1cccc2c1N(CCCC1CCN(CCCC(=O)c3ccccc3)CC1)C(COc1ccc(Cl)cc1)N2. The number of halogens is 1. The summed E-state index contributed by atoms with van der Waals surface area (Å²) in [6.45, 7) is 7.10. The van der Waals surface area contributed by atoms with E-state index in [1.807, 2.05) is 54.6 Å². The number of aryl methyl sites for hydroxylation is 1. The van der Waals surface area contributed by atoms with Crippen LogP contribution in [0.3, 0.4) is 0 Å². The average Bonchev–Trinajstić information content (AvgIpc) is 3.32. The minimum absolute atomic E-state index is 0.109. The van der Waals surface area contributed by atoms with Crippen LogP contribution in [0.1, 0.15) is 54.4 Å². The molecule has 1 atom stereocenters. The summed E-state index contributed by atoms with van der Waals surface area (Å²) in [6, 6.07) is 23.7. The minimum Gasteiger partial charge on any atom is -0.489 e. The van der Waals surface area contributed by atoms with Crippen molar-refractivity contribution >= 4 is 28.8 Å². The van der Waals surface area contributed by atoms with Gasteiger partial charge in [0, 0.05) is 23.6 Å². The Hall–Kier alpha value is -3.02. The fourth-order valence-corrected chi connectivity index (χ4v) is 6.08. The minimum atomic E-state index is 0.109. The molecule has 0 radical (unpaired) electrons. The van der Waals surface area contributed by atoms with Crippen molar-refractivity contribution in [2.45, 2.75) is 51.6 Å². The molecule has 3 aromatic rings. The first-order valence-electron chi connectivity index (χ1n) is 14.4. The van der Waals surface area contributed by atoms with Gasteiger partial charge in [-0.05, 0) is 100 Å². The molecule has 0 amide bonds. The number of hydrogen-bond donors (Lipinski definition) is 1. The first kappa shape index (κ1) is 27.5. The molecule has 39 heavy (non-hydrogen) atoms. The van der Waals surface area contributed by atoms with Crippen molar-refractivity contribution in [2.24, 2.45) is 5.92 Å². The highest BCUT2D eigenvalue weighted by atomic mass is 35.5. The van der Waals surface area contributed by atoms with Crippen molar-refractivity contribution in [2.75, 3.05) is 43.0 Å². The molecular formula is C33H40ClN3O2. The number of likely N-dealkylation sites (tertiary alicyclic amines) is 1. The van der Waals surface area contributed by atoms with Crippen molar-refractivity contribution in [3.05, 3.63) is 88.9 Å². The van der Waals surface area contributed by atoms with Crippen LogP contribution in [0.5, 0.6) is 5.75 Å². The molecule has 5 rings (SSSR count). The van der Waals surface area contributed by atoms with Crippen molar-refractivity contribution in [1.82, 2.24) is 4.90 Å². The highest BCUT2D eigenvalue weighted by Gasteiger charge is 2.30. The number of Topliss-reactive ketones (excluding diaryl/α,β-unsaturated/α-hetero) is 1. The zero-order valence-electron chi connectivity index (χ0n) is 22.9. The Balaban J connectivity index is 1.06. The third kappa shape index (κ3) is 7.34. The van der Waals surface area contributed by atoms with Crippen LogP contribution in [0.25, 0.3) is 0 Å². The molecule has 0 aromatic heterocycles. The topological polar surface area (TPSA) is 44.8 Å². The second-order valence-corrected chi connectivity index (χ2v) is 11.3. The Morgan fingerprint density at radius 1 is 0.949 bits per heavy atom. The predicted octanol–water partition coefficient (Wildman–Crippen LogP) is 7.44. The number of carbonyl (C=O) groups is 1. The van der Waals surface area contributed by atoms with E-state index in [0.717, 1.165) is 54.9 Å². The number of benzene rings is 3. The fraction of sp³-hybridized carbons (Fsp3) is 0.424. The lowest BCUT2D eigenvalue weighted by Crippen LogP contribution is -2.41. The Labute approximate surface area is 238 Å². The van der Waals surface area contributed by atoms with Crippen LogP contribution < -0.4 is 15.0 Å². The Morgan fingerprint density at radius 3 is 2.49 bits per heavy atom. The summed E-state index contributed by atoms with van der Waals surface area (Å²) >= 11 is 6.03. The molecule has 6 heteroatoms. The Bertz CT molecular complexity index is 1210. The van der Waals surface area contributed by atoms with Gasteiger partial charge >= 0.3 is 0 Å². The van der Waals surface area contributed by atoms with Gasteiger partial charge in [0.15, 0.2) is 5.78 Å². The zero-order chi connectivity index (χ0) is 27.0. The smallest absolute Gasteiger partial charge is 0.162 e. The maximum absolute atomic E-state index is 12.4. The largest absolute Gasteiger partial charge is 0.489 e. The molecule has 0 spiro atoms. The van der Waals surface area contributed by atoms with Crippen molar-refractivity contribution < 1.29 is 9.53 Å². The molecule has 2 heterocycles. The van der Waals surface area contributed by atoms with E-state index in [1.54, 1.807) is 0 Å². The Morgan fingerprint density at radius 2 is 1.72 bits per heavy atom. The molecule has 0 saturated carbocycles. The Kier molecular flexibility index (Phi) is 9.44. The summed E-state index contributed by atoms with van der Waals surface area (Å²) in [5.41, 5.74) is 4.63. The van der Waals surface area contributed by atoms with Gasteiger partial charge in [0.05, 0.1) is 11.4 Å². The summed E-state index contributed by atoms with van der Waals surface area (Å²) in [4.78, 5) is 17.4. The summed E-state index contributed by atoms with van der Waals surface area (Å²) in [5.74, 6) is 1.88. The van der Waals surface area contributed by atoms with Crippen molar-refractivity contribution in [1.29, 1.82) is 0 Å². The van der Waals surface area contributed by atoms with E-state index in [2.05, 4.69) is 40.2 Å². The lowest BCUT2D eigenvalue weighted by molar-refractivity contribution is 0.0970. The van der Waals surface area contributed by atoms with E-state index in [-0.39, 0.29) is 11.9 Å². The van der Waals surface area contributed by atoms with E-state index in [0.29, 0.717) is 13.0 Å². The van der Waals surface area contributed by atoms with Gasteiger partial charge in [0.1, 0.15) is 18.5 Å². The molecular weight excluding hydrogens is 506 g/mol. The number of anilines is 2. The second kappa shape index (κ2) is 13.4. The lowest BCUT2D eigenvalue weighted by atomic mass is 9.92. The maximum Gasteiger partial charge on any atom is 0.162 e. The van der Waals surface area contributed by atoms with E-state index in [4.69, 9.17) is 16.3 Å². The molecule has 2 aliphatic heterocycles. The number of para-hydroxylation sites is 1. The highest BCUT2D eigenvalue weighted by Crippen LogP contribution is 2.38. The number of nitrogens with zero attached hydrogens (tertiary/aromatic N) is 2. The number of ketones is 1. The number of ether oxygens (including phenoxy) is 1. The van der Waals surface area contributed by atoms with Gasteiger partial charge in [-0.25, -0.2) is 0 Å². The molecule has 0 bridgehead atoms. The molecule has 1 N–H and O–H groups in total.